The van der Waals surface area contributed by atoms with Crippen molar-refractivity contribution in [1.29, 1.82) is 5.26 Å². The average Bonchev–Trinajstić information content (AvgIpc) is 2.75. The maximum Gasteiger partial charge on any atom is 0.237 e. The van der Waals surface area contributed by atoms with E-state index in [0.29, 0.717) is 52.7 Å². The molecule has 6 nitrogen and oxygen atoms in total. The Balaban J connectivity index is 1.55. The molecule has 0 atom stereocenters. The molecule has 0 radical (unpaired) electrons. The van der Waals surface area contributed by atoms with E-state index >= 15 is 0 Å². The fraction of sp³-hybridized carbons (Fsp3) is 0.318. The van der Waals surface area contributed by atoms with Crippen LogP contribution in [0.3, 0.4) is 0 Å². The van der Waals surface area contributed by atoms with Crippen LogP contribution in [0.5, 0.6) is 0 Å². The van der Waals surface area contributed by atoms with Gasteiger partial charge in [-0.2, -0.15) is 5.26 Å². The first-order valence-corrected chi connectivity index (χ1v) is 12.2. The van der Waals surface area contributed by atoms with Gasteiger partial charge in [-0.25, -0.2) is 8.42 Å². The fourth-order valence-corrected chi connectivity index (χ4v) is 5.20. The standard InChI is InChI=1S/C22H20Cl2N2O4S/c23-19-6-5-18(11-20(19)24)22(28)17-7-9-26(10-8-17)21(27)14-31(29,30)13-16-3-1-15(12-25)2-4-16/h1-6,11,17H,7-10,13-14H2. The summed E-state index contributed by atoms with van der Waals surface area (Å²) in [5, 5.41) is 9.50. The molecule has 0 spiro atoms. The Hall–Kier alpha value is -2.40. The molecule has 1 saturated heterocycles. The van der Waals surface area contributed by atoms with Crippen molar-refractivity contribution in [2.24, 2.45) is 5.92 Å². The van der Waals surface area contributed by atoms with E-state index < -0.39 is 21.5 Å². The molecule has 2 aromatic carbocycles. The maximum absolute atomic E-state index is 12.7. The lowest BCUT2D eigenvalue weighted by Crippen LogP contribution is -2.42. The molecule has 0 saturated carbocycles. The van der Waals surface area contributed by atoms with Crippen molar-refractivity contribution < 1.29 is 18.0 Å². The van der Waals surface area contributed by atoms with Crippen molar-refractivity contribution in [3.05, 3.63) is 69.2 Å². The number of likely N-dealkylation sites (tertiary alicyclic amines) is 1. The second kappa shape index (κ2) is 9.82. The molecule has 3 rings (SSSR count). The van der Waals surface area contributed by atoms with Crippen molar-refractivity contribution in [3.63, 3.8) is 0 Å². The lowest BCUT2D eigenvalue weighted by molar-refractivity contribution is -0.129. The lowest BCUT2D eigenvalue weighted by Gasteiger charge is -2.31. The fourth-order valence-electron chi connectivity index (χ4n) is 3.54. The van der Waals surface area contributed by atoms with E-state index in [-0.39, 0.29) is 17.5 Å². The van der Waals surface area contributed by atoms with E-state index in [1.807, 2.05) is 6.07 Å². The van der Waals surface area contributed by atoms with Gasteiger partial charge in [0.25, 0.3) is 0 Å². The van der Waals surface area contributed by atoms with Crippen LogP contribution < -0.4 is 0 Å². The Labute approximate surface area is 191 Å². The van der Waals surface area contributed by atoms with Gasteiger partial charge < -0.3 is 4.90 Å². The van der Waals surface area contributed by atoms with Crippen LogP contribution in [0.4, 0.5) is 0 Å². The maximum atomic E-state index is 12.7. The summed E-state index contributed by atoms with van der Waals surface area (Å²) in [6.07, 6.45) is 0.918. The van der Waals surface area contributed by atoms with Gasteiger partial charge in [-0.15, -0.1) is 0 Å². The summed E-state index contributed by atoms with van der Waals surface area (Å²) in [5.74, 6) is -1.63. The molecule has 0 N–H and O–H groups in total. The van der Waals surface area contributed by atoms with Gasteiger partial charge in [0, 0.05) is 24.6 Å². The topological polar surface area (TPSA) is 95.3 Å². The van der Waals surface area contributed by atoms with E-state index in [1.54, 1.807) is 42.5 Å². The summed E-state index contributed by atoms with van der Waals surface area (Å²) in [7, 11) is -3.65. The number of ketones is 1. The second-order valence-corrected chi connectivity index (χ2v) is 10.4. The number of sulfone groups is 1. The zero-order valence-corrected chi connectivity index (χ0v) is 18.9. The summed E-state index contributed by atoms with van der Waals surface area (Å²) < 4.78 is 24.9. The molecule has 1 aliphatic heterocycles. The molecule has 2 aromatic rings. The van der Waals surface area contributed by atoms with Crippen LogP contribution in [-0.2, 0) is 20.4 Å². The van der Waals surface area contributed by atoms with Gasteiger partial charge >= 0.3 is 0 Å². The molecular formula is C22H20Cl2N2O4S. The van der Waals surface area contributed by atoms with Gasteiger partial charge in [0.2, 0.25) is 5.91 Å². The molecule has 1 heterocycles. The number of halogens is 2. The zero-order chi connectivity index (χ0) is 22.6. The molecule has 0 aromatic heterocycles. The second-order valence-electron chi connectivity index (χ2n) is 7.49. The number of Topliss-reactive ketones (excluding diaryl/α,β-unsaturated/α-hetero) is 1. The number of benzene rings is 2. The van der Waals surface area contributed by atoms with Gasteiger partial charge in [-0.05, 0) is 48.7 Å². The third-order valence-corrected chi connectivity index (χ3v) is 7.43. The Morgan fingerprint density at radius 3 is 2.26 bits per heavy atom. The first-order valence-electron chi connectivity index (χ1n) is 9.65. The molecule has 9 heteroatoms. The molecular weight excluding hydrogens is 459 g/mol. The third-order valence-electron chi connectivity index (χ3n) is 5.24. The molecule has 1 aliphatic rings. The van der Waals surface area contributed by atoms with E-state index in [4.69, 9.17) is 28.5 Å². The monoisotopic (exact) mass is 478 g/mol. The predicted octanol–water partition coefficient (Wildman–Crippen LogP) is 3.90. The number of amides is 1. The highest BCUT2D eigenvalue weighted by Crippen LogP contribution is 2.27. The van der Waals surface area contributed by atoms with Crippen molar-refractivity contribution in [3.8, 4) is 6.07 Å². The highest BCUT2D eigenvalue weighted by Gasteiger charge is 2.30. The SMILES string of the molecule is N#Cc1ccc(CS(=O)(=O)CC(=O)N2CCC(C(=O)c3ccc(Cl)c(Cl)c3)CC2)cc1. The van der Waals surface area contributed by atoms with Crippen LogP contribution in [0.25, 0.3) is 0 Å². The van der Waals surface area contributed by atoms with Crippen LogP contribution in [0, 0.1) is 17.2 Å². The van der Waals surface area contributed by atoms with Gasteiger partial charge in [0.1, 0.15) is 5.75 Å². The average molecular weight is 479 g/mol. The van der Waals surface area contributed by atoms with Crippen molar-refractivity contribution in [2.75, 3.05) is 18.8 Å². The summed E-state index contributed by atoms with van der Waals surface area (Å²) >= 11 is 11.9. The molecule has 162 valence electrons. The zero-order valence-electron chi connectivity index (χ0n) is 16.6. The largest absolute Gasteiger partial charge is 0.342 e. The first-order chi connectivity index (χ1) is 14.7. The molecule has 0 unspecified atom stereocenters. The minimum Gasteiger partial charge on any atom is -0.342 e. The van der Waals surface area contributed by atoms with Crippen LogP contribution in [0.2, 0.25) is 10.0 Å². The number of carbonyl (C=O) groups is 2. The minimum absolute atomic E-state index is 0.0564. The molecule has 1 fully saturated rings. The van der Waals surface area contributed by atoms with E-state index in [0.717, 1.165) is 0 Å². The van der Waals surface area contributed by atoms with Gasteiger partial charge in [-0.1, -0.05) is 35.3 Å². The third kappa shape index (κ3) is 6.07. The van der Waals surface area contributed by atoms with E-state index in [9.17, 15) is 18.0 Å². The quantitative estimate of drug-likeness (QED) is 0.586. The minimum atomic E-state index is -3.65. The first kappa shape index (κ1) is 23.3. The van der Waals surface area contributed by atoms with Crippen molar-refractivity contribution >= 4 is 44.7 Å². The summed E-state index contributed by atoms with van der Waals surface area (Å²) in [5.41, 5.74) is 1.44. The molecule has 0 aliphatic carbocycles. The number of nitrogens with zero attached hydrogens (tertiary/aromatic N) is 2. The molecule has 1 amide bonds. The Kier molecular flexibility index (Phi) is 7.37. The van der Waals surface area contributed by atoms with Gasteiger partial charge in [-0.3, -0.25) is 9.59 Å². The lowest BCUT2D eigenvalue weighted by atomic mass is 9.89. The van der Waals surface area contributed by atoms with Gasteiger partial charge in [0.15, 0.2) is 15.6 Å². The van der Waals surface area contributed by atoms with Crippen LogP contribution in [-0.4, -0.2) is 43.9 Å². The number of nitriles is 1. The van der Waals surface area contributed by atoms with Crippen molar-refractivity contribution in [2.45, 2.75) is 18.6 Å². The Morgan fingerprint density at radius 1 is 1.03 bits per heavy atom. The van der Waals surface area contributed by atoms with Crippen LogP contribution >= 0.6 is 23.2 Å². The van der Waals surface area contributed by atoms with Crippen molar-refractivity contribution in [1.82, 2.24) is 4.90 Å². The number of piperidine rings is 1. The molecule has 0 bridgehead atoms. The Bertz CT molecular complexity index is 1130. The number of hydrogen-bond acceptors (Lipinski definition) is 5. The van der Waals surface area contributed by atoms with E-state index in [1.165, 1.54) is 4.90 Å². The number of carbonyl (C=O) groups excluding carboxylic acids is 2. The highest BCUT2D eigenvalue weighted by molar-refractivity contribution is 7.91. The summed E-state index contributed by atoms with van der Waals surface area (Å²) in [6, 6.07) is 12.9. The summed E-state index contributed by atoms with van der Waals surface area (Å²) in [4.78, 5) is 26.7. The normalized spacial score (nSPS) is 14.8. The summed E-state index contributed by atoms with van der Waals surface area (Å²) in [6.45, 7) is 0.645. The number of rotatable bonds is 6. The predicted molar refractivity (Wildman–Crippen MR) is 119 cm³/mol. The van der Waals surface area contributed by atoms with Gasteiger partial charge in [0.05, 0.1) is 27.4 Å². The van der Waals surface area contributed by atoms with Crippen LogP contribution in [0.15, 0.2) is 42.5 Å². The smallest absolute Gasteiger partial charge is 0.237 e. The van der Waals surface area contributed by atoms with E-state index in [2.05, 4.69) is 0 Å². The van der Waals surface area contributed by atoms with Crippen LogP contribution in [0.1, 0.15) is 34.3 Å². The molecule has 31 heavy (non-hydrogen) atoms. The Morgan fingerprint density at radius 2 is 1.68 bits per heavy atom. The highest BCUT2D eigenvalue weighted by atomic mass is 35.5. The number of hydrogen-bond donors (Lipinski definition) is 0.